The fourth-order valence-electron chi connectivity index (χ4n) is 2.10. The first-order valence-corrected chi connectivity index (χ1v) is 6.44. The Morgan fingerprint density at radius 1 is 1.56 bits per heavy atom. The molecule has 1 N–H and O–H groups in total. The Labute approximate surface area is 109 Å². The second-order valence-electron chi connectivity index (χ2n) is 4.33. The first kappa shape index (κ1) is 12.4. The molecule has 2 atom stereocenters. The van der Waals surface area contributed by atoms with E-state index in [2.05, 4.69) is 15.9 Å². The smallest absolute Gasteiger partial charge is 0.0933 e. The minimum atomic E-state index is -0.922. The van der Waals surface area contributed by atoms with Gasteiger partial charge in [-0.1, -0.05) is 33.6 Å². The van der Waals surface area contributed by atoms with Crippen LogP contribution >= 0.6 is 27.5 Å². The van der Waals surface area contributed by atoms with E-state index in [0.717, 1.165) is 23.1 Å². The van der Waals surface area contributed by atoms with Crippen molar-refractivity contribution in [2.45, 2.75) is 18.9 Å². The van der Waals surface area contributed by atoms with Gasteiger partial charge in [0.15, 0.2) is 0 Å². The number of rotatable bonds is 2. The highest BCUT2D eigenvalue weighted by molar-refractivity contribution is 9.10. The standard InChI is InChI=1S/C12H14BrClO2/c1-12(15,8-4-5-16-7-8)10-3-2-9(13)6-11(10)14/h2-3,6,8,15H,4-5,7H2,1H3. The van der Waals surface area contributed by atoms with Gasteiger partial charge in [0, 0.05) is 27.6 Å². The van der Waals surface area contributed by atoms with Crippen molar-refractivity contribution in [3.8, 4) is 0 Å². The van der Waals surface area contributed by atoms with Gasteiger partial charge < -0.3 is 9.84 Å². The van der Waals surface area contributed by atoms with Gasteiger partial charge in [-0.3, -0.25) is 0 Å². The number of hydrogen-bond acceptors (Lipinski definition) is 2. The van der Waals surface area contributed by atoms with Crippen molar-refractivity contribution in [3.63, 3.8) is 0 Å². The number of benzene rings is 1. The van der Waals surface area contributed by atoms with Crippen molar-refractivity contribution >= 4 is 27.5 Å². The Balaban J connectivity index is 2.34. The molecule has 4 heteroatoms. The summed E-state index contributed by atoms with van der Waals surface area (Å²) in [4.78, 5) is 0. The molecule has 88 valence electrons. The van der Waals surface area contributed by atoms with Gasteiger partial charge in [-0.25, -0.2) is 0 Å². The van der Waals surface area contributed by atoms with Crippen LogP contribution in [0, 0.1) is 5.92 Å². The molecular formula is C12H14BrClO2. The Hall–Kier alpha value is -0.0900. The molecule has 1 aliphatic rings. The molecule has 1 aromatic carbocycles. The lowest BCUT2D eigenvalue weighted by Gasteiger charge is -2.30. The first-order chi connectivity index (χ1) is 7.51. The number of aliphatic hydroxyl groups is 1. The van der Waals surface area contributed by atoms with Crippen molar-refractivity contribution < 1.29 is 9.84 Å². The molecule has 0 aliphatic carbocycles. The lowest BCUT2D eigenvalue weighted by atomic mass is 9.82. The normalized spacial score (nSPS) is 24.4. The Morgan fingerprint density at radius 2 is 2.31 bits per heavy atom. The van der Waals surface area contributed by atoms with E-state index in [1.165, 1.54) is 0 Å². The molecule has 1 saturated heterocycles. The topological polar surface area (TPSA) is 29.5 Å². The molecule has 0 aromatic heterocycles. The number of halogens is 2. The van der Waals surface area contributed by atoms with Crippen LogP contribution in [0.3, 0.4) is 0 Å². The third-order valence-electron chi connectivity index (χ3n) is 3.20. The number of ether oxygens (including phenoxy) is 1. The minimum absolute atomic E-state index is 0.117. The Bertz CT molecular complexity index is 387. The van der Waals surface area contributed by atoms with Crippen LogP contribution in [0.4, 0.5) is 0 Å². The van der Waals surface area contributed by atoms with Gasteiger partial charge in [0.1, 0.15) is 0 Å². The summed E-state index contributed by atoms with van der Waals surface area (Å²) in [6, 6.07) is 5.57. The molecule has 0 bridgehead atoms. The van der Waals surface area contributed by atoms with Gasteiger partial charge in [0.05, 0.1) is 12.2 Å². The minimum Gasteiger partial charge on any atom is -0.385 e. The van der Waals surface area contributed by atoms with Crippen molar-refractivity contribution in [2.24, 2.45) is 5.92 Å². The maximum Gasteiger partial charge on any atom is 0.0933 e. The van der Waals surface area contributed by atoms with E-state index in [1.807, 2.05) is 19.1 Å². The predicted molar refractivity (Wildman–Crippen MR) is 67.6 cm³/mol. The first-order valence-electron chi connectivity index (χ1n) is 5.27. The number of hydrogen-bond donors (Lipinski definition) is 1. The zero-order valence-electron chi connectivity index (χ0n) is 9.04. The zero-order valence-corrected chi connectivity index (χ0v) is 11.4. The monoisotopic (exact) mass is 304 g/mol. The molecule has 2 unspecified atom stereocenters. The van der Waals surface area contributed by atoms with E-state index in [-0.39, 0.29) is 5.92 Å². The van der Waals surface area contributed by atoms with Crippen LogP contribution in [0.15, 0.2) is 22.7 Å². The van der Waals surface area contributed by atoms with Crippen molar-refractivity contribution in [1.82, 2.24) is 0 Å². The Kier molecular flexibility index (Phi) is 3.59. The third kappa shape index (κ3) is 2.28. The predicted octanol–water partition coefficient (Wildman–Crippen LogP) is 3.35. The summed E-state index contributed by atoms with van der Waals surface area (Å²) in [5.74, 6) is 0.117. The molecule has 0 saturated carbocycles. The molecule has 1 aliphatic heterocycles. The van der Waals surface area contributed by atoms with Crippen LogP contribution in [0.5, 0.6) is 0 Å². The van der Waals surface area contributed by atoms with Crippen LogP contribution in [0.1, 0.15) is 18.9 Å². The van der Waals surface area contributed by atoms with Crippen LogP contribution in [-0.2, 0) is 10.3 Å². The van der Waals surface area contributed by atoms with Crippen LogP contribution < -0.4 is 0 Å². The molecule has 2 rings (SSSR count). The molecule has 0 amide bonds. The van der Waals surface area contributed by atoms with Crippen LogP contribution in [-0.4, -0.2) is 18.3 Å². The molecule has 16 heavy (non-hydrogen) atoms. The molecule has 0 radical (unpaired) electrons. The van der Waals surface area contributed by atoms with Gasteiger partial charge in [-0.05, 0) is 25.5 Å². The molecule has 2 nitrogen and oxygen atoms in total. The highest BCUT2D eigenvalue weighted by Crippen LogP contribution is 2.38. The largest absolute Gasteiger partial charge is 0.385 e. The molecule has 1 aromatic rings. The summed E-state index contributed by atoms with van der Waals surface area (Å²) in [5.41, 5.74) is -0.151. The van der Waals surface area contributed by atoms with E-state index in [0.29, 0.717) is 11.6 Å². The summed E-state index contributed by atoms with van der Waals surface area (Å²) < 4.78 is 6.23. The molecule has 0 spiro atoms. The highest BCUT2D eigenvalue weighted by Gasteiger charge is 2.37. The third-order valence-corrected chi connectivity index (χ3v) is 4.01. The SMILES string of the molecule is CC(O)(c1ccc(Br)cc1Cl)C1CCOC1. The summed E-state index contributed by atoms with van der Waals surface area (Å²) in [6.07, 6.45) is 0.874. The van der Waals surface area contributed by atoms with Crippen molar-refractivity contribution in [1.29, 1.82) is 0 Å². The Morgan fingerprint density at radius 3 is 2.88 bits per heavy atom. The van der Waals surface area contributed by atoms with Gasteiger partial charge >= 0.3 is 0 Å². The second-order valence-corrected chi connectivity index (χ2v) is 5.66. The average Bonchev–Trinajstić information content (AvgIpc) is 2.69. The van der Waals surface area contributed by atoms with Gasteiger partial charge in [-0.2, -0.15) is 0 Å². The summed E-state index contributed by atoms with van der Waals surface area (Å²) in [5, 5.41) is 11.2. The van der Waals surface area contributed by atoms with Gasteiger partial charge in [-0.15, -0.1) is 0 Å². The van der Waals surface area contributed by atoms with E-state index in [9.17, 15) is 5.11 Å². The van der Waals surface area contributed by atoms with Gasteiger partial charge in [0.2, 0.25) is 0 Å². The fourth-order valence-corrected chi connectivity index (χ4v) is 2.96. The van der Waals surface area contributed by atoms with Crippen LogP contribution in [0.2, 0.25) is 5.02 Å². The van der Waals surface area contributed by atoms with E-state index < -0.39 is 5.60 Å². The van der Waals surface area contributed by atoms with E-state index in [4.69, 9.17) is 16.3 Å². The summed E-state index contributed by atoms with van der Waals surface area (Å²) in [6.45, 7) is 3.12. The van der Waals surface area contributed by atoms with Crippen molar-refractivity contribution in [2.75, 3.05) is 13.2 Å². The van der Waals surface area contributed by atoms with E-state index >= 15 is 0 Å². The van der Waals surface area contributed by atoms with Gasteiger partial charge in [0.25, 0.3) is 0 Å². The molecular weight excluding hydrogens is 291 g/mol. The maximum absolute atomic E-state index is 10.6. The maximum atomic E-state index is 10.6. The lowest BCUT2D eigenvalue weighted by Crippen LogP contribution is -2.32. The molecule has 1 fully saturated rings. The highest BCUT2D eigenvalue weighted by atomic mass is 79.9. The van der Waals surface area contributed by atoms with Crippen molar-refractivity contribution in [3.05, 3.63) is 33.3 Å². The fraction of sp³-hybridized carbons (Fsp3) is 0.500. The summed E-state index contributed by atoms with van der Waals surface area (Å²) >= 11 is 9.52. The van der Waals surface area contributed by atoms with Crippen LogP contribution in [0.25, 0.3) is 0 Å². The average molecular weight is 306 g/mol. The summed E-state index contributed by atoms with van der Waals surface area (Å²) in [7, 11) is 0. The second kappa shape index (κ2) is 4.65. The quantitative estimate of drug-likeness (QED) is 0.908. The zero-order chi connectivity index (χ0) is 11.8. The van der Waals surface area contributed by atoms with E-state index in [1.54, 1.807) is 6.07 Å². The molecule has 1 heterocycles. The lowest BCUT2D eigenvalue weighted by molar-refractivity contribution is -0.00962.